The molecule has 0 aliphatic rings. The lowest BCUT2D eigenvalue weighted by Crippen LogP contribution is -2.44. The minimum Gasteiger partial charge on any atom is -0.340 e. The lowest BCUT2D eigenvalue weighted by Gasteiger charge is -2.30. The third kappa shape index (κ3) is 4.71. The van der Waals surface area contributed by atoms with E-state index >= 15 is 0 Å². The number of nitrogens with zero attached hydrogens (tertiary/aromatic N) is 2. The van der Waals surface area contributed by atoms with E-state index in [9.17, 15) is 4.79 Å². The van der Waals surface area contributed by atoms with E-state index < -0.39 is 0 Å². The first kappa shape index (κ1) is 16.8. The van der Waals surface area contributed by atoms with Crippen molar-refractivity contribution in [3.05, 3.63) is 48.7 Å². The van der Waals surface area contributed by atoms with E-state index in [1.54, 1.807) is 11.1 Å². The van der Waals surface area contributed by atoms with E-state index in [4.69, 9.17) is 0 Å². The van der Waals surface area contributed by atoms with E-state index in [2.05, 4.69) is 15.6 Å². The number of anilines is 3. The molecule has 0 saturated carbocycles. The summed E-state index contributed by atoms with van der Waals surface area (Å²) in [6.45, 7) is 8.02. The number of para-hydroxylation sites is 1. The van der Waals surface area contributed by atoms with Gasteiger partial charge in [-0.25, -0.2) is 9.78 Å². The van der Waals surface area contributed by atoms with E-state index in [0.29, 0.717) is 5.69 Å². The summed E-state index contributed by atoms with van der Waals surface area (Å²) in [7, 11) is 0. The SMILES string of the molecule is CC(C)N(C(=O)Nc1ccc(Nc2ccccc2)nc1)C(C)C. The van der Waals surface area contributed by atoms with Crippen LogP contribution >= 0.6 is 0 Å². The van der Waals surface area contributed by atoms with Crippen molar-refractivity contribution in [1.29, 1.82) is 0 Å². The van der Waals surface area contributed by atoms with E-state index in [0.717, 1.165) is 11.5 Å². The van der Waals surface area contributed by atoms with Gasteiger partial charge in [0, 0.05) is 17.8 Å². The monoisotopic (exact) mass is 312 g/mol. The molecule has 0 saturated heterocycles. The summed E-state index contributed by atoms with van der Waals surface area (Å²) >= 11 is 0. The summed E-state index contributed by atoms with van der Waals surface area (Å²) < 4.78 is 0. The van der Waals surface area contributed by atoms with Gasteiger partial charge in [0.05, 0.1) is 11.9 Å². The molecule has 0 bridgehead atoms. The number of rotatable bonds is 5. The molecule has 0 fully saturated rings. The average Bonchev–Trinajstić information content (AvgIpc) is 2.49. The Morgan fingerprint density at radius 1 is 0.957 bits per heavy atom. The van der Waals surface area contributed by atoms with Crippen LogP contribution in [-0.2, 0) is 0 Å². The van der Waals surface area contributed by atoms with Crippen LogP contribution in [0.5, 0.6) is 0 Å². The molecule has 1 aromatic carbocycles. The predicted octanol–water partition coefficient (Wildman–Crippen LogP) is 4.48. The number of amides is 2. The Kier molecular flexibility index (Phi) is 5.57. The zero-order valence-electron chi connectivity index (χ0n) is 14.1. The molecular formula is C18H24N4O. The van der Waals surface area contributed by atoms with Gasteiger partial charge in [-0.1, -0.05) is 18.2 Å². The molecule has 0 aliphatic heterocycles. The maximum atomic E-state index is 12.3. The number of carbonyl (C=O) groups excluding carboxylic acids is 1. The quantitative estimate of drug-likeness (QED) is 0.856. The molecule has 5 nitrogen and oxygen atoms in total. The van der Waals surface area contributed by atoms with Gasteiger partial charge in [0.2, 0.25) is 0 Å². The molecule has 2 aromatic rings. The molecule has 0 spiro atoms. The van der Waals surface area contributed by atoms with Crippen molar-refractivity contribution in [2.75, 3.05) is 10.6 Å². The highest BCUT2D eigenvalue weighted by molar-refractivity contribution is 5.89. The number of aromatic nitrogens is 1. The zero-order chi connectivity index (χ0) is 16.8. The smallest absolute Gasteiger partial charge is 0.322 e. The van der Waals surface area contributed by atoms with Crippen molar-refractivity contribution in [3.8, 4) is 0 Å². The van der Waals surface area contributed by atoms with Gasteiger partial charge in [-0.2, -0.15) is 0 Å². The molecule has 5 heteroatoms. The van der Waals surface area contributed by atoms with Gasteiger partial charge >= 0.3 is 6.03 Å². The number of nitrogens with one attached hydrogen (secondary N) is 2. The highest BCUT2D eigenvalue weighted by Gasteiger charge is 2.19. The van der Waals surface area contributed by atoms with Crippen molar-refractivity contribution < 1.29 is 4.79 Å². The van der Waals surface area contributed by atoms with Gasteiger partial charge in [-0.3, -0.25) is 0 Å². The van der Waals surface area contributed by atoms with Gasteiger partial charge in [-0.15, -0.1) is 0 Å². The predicted molar refractivity (Wildman–Crippen MR) is 95.1 cm³/mol. The third-order valence-electron chi connectivity index (χ3n) is 3.41. The molecule has 0 aliphatic carbocycles. The molecule has 2 amide bonds. The Labute approximate surface area is 137 Å². The Bertz CT molecular complexity index is 615. The number of urea groups is 1. The summed E-state index contributed by atoms with van der Waals surface area (Å²) in [5, 5.41) is 6.10. The van der Waals surface area contributed by atoms with Crippen LogP contribution in [0.2, 0.25) is 0 Å². The van der Waals surface area contributed by atoms with Crippen molar-refractivity contribution in [3.63, 3.8) is 0 Å². The van der Waals surface area contributed by atoms with Crippen LogP contribution < -0.4 is 10.6 Å². The number of carbonyl (C=O) groups is 1. The summed E-state index contributed by atoms with van der Waals surface area (Å²) in [6, 6.07) is 13.7. The van der Waals surface area contributed by atoms with E-state index in [-0.39, 0.29) is 18.1 Å². The Balaban J connectivity index is 2.01. The number of hydrogen-bond acceptors (Lipinski definition) is 3. The lowest BCUT2D eigenvalue weighted by molar-refractivity contribution is 0.178. The maximum absolute atomic E-state index is 12.3. The van der Waals surface area contributed by atoms with Crippen molar-refractivity contribution in [2.24, 2.45) is 0 Å². The van der Waals surface area contributed by atoms with Crippen LogP contribution in [-0.4, -0.2) is 28.0 Å². The second-order valence-electron chi connectivity index (χ2n) is 5.95. The van der Waals surface area contributed by atoms with E-state index in [1.807, 2.05) is 70.2 Å². The van der Waals surface area contributed by atoms with Crippen LogP contribution in [0.4, 0.5) is 22.0 Å². The van der Waals surface area contributed by atoms with E-state index in [1.165, 1.54) is 0 Å². The first-order valence-electron chi connectivity index (χ1n) is 7.85. The van der Waals surface area contributed by atoms with Gasteiger partial charge in [0.15, 0.2) is 0 Å². The van der Waals surface area contributed by atoms with Gasteiger partial charge < -0.3 is 15.5 Å². The molecule has 122 valence electrons. The van der Waals surface area contributed by atoms with Crippen LogP contribution in [0.25, 0.3) is 0 Å². The molecule has 1 aromatic heterocycles. The second kappa shape index (κ2) is 7.63. The summed E-state index contributed by atoms with van der Waals surface area (Å²) in [4.78, 5) is 18.5. The minimum atomic E-state index is -0.111. The fraction of sp³-hybridized carbons (Fsp3) is 0.333. The van der Waals surface area contributed by atoms with Crippen LogP contribution in [0.3, 0.4) is 0 Å². The van der Waals surface area contributed by atoms with Gasteiger partial charge in [0.25, 0.3) is 0 Å². The molecule has 1 heterocycles. The highest BCUT2D eigenvalue weighted by Crippen LogP contribution is 2.16. The first-order valence-corrected chi connectivity index (χ1v) is 7.85. The first-order chi connectivity index (χ1) is 11.0. The van der Waals surface area contributed by atoms with Gasteiger partial charge in [-0.05, 0) is 52.0 Å². The summed E-state index contributed by atoms with van der Waals surface area (Å²) in [6.07, 6.45) is 1.65. The minimum absolute atomic E-state index is 0.111. The average molecular weight is 312 g/mol. The fourth-order valence-corrected chi connectivity index (χ4v) is 2.46. The normalized spacial score (nSPS) is 10.7. The molecule has 2 rings (SSSR count). The van der Waals surface area contributed by atoms with Crippen LogP contribution in [0.15, 0.2) is 48.7 Å². The molecule has 2 N–H and O–H groups in total. The number of hydrogen-bond donors (Lipinski definition) is 2. The fourth-order valence-electron chi connectivity index (χ4n) is 2.46. The Morgan fingerprint density at radius 2 is 1.61 bits per heavy atom. The summed E-state index contributed by atoms with van der Waals surface area (Å²) in [5.74, 6) is 0.735. The lowest BCUT2D eigenvalue weighted by atomic mass is 10.2. The van der Waals surface area contributed by atoms with Crippen molar-refractivity contribution >= 4 is 23.2 Å². The molecule has 0 atom stereocenters. The zero-order valence-corrected chi connectivity index (χ0v) is 14.1. The third-order valence-corrected chi connectivity index (χ3v) is 3.41. The van der Waals surface area contributed by atoms with Crippen LogP contribution in [0, 0.1) is 0 Å². The number of pyridine rings is 1. The van der Waals surface area contributed by atoms with Gasteiger partial charge in [0.1, 0.15) is 5.82 Å². The molecule has 23 heavy (non-hydrogen) atoms. The molecule has 0 radical (unpaired) electrons. The largest absolute Gasteiger partial charge is 0.340 e. The molecular weight excluding hydrogens is 288 g/mol. The Hall–Kier alpha value is -2.56. The number of benzene rings is 1. The topological polar surface area (TPSA) is 57.3 Å². The van der Waals surface area contributed by atoms with Crippen molar-refractivity contribution in [2.45, 2.75) is 39.8 Å². The Morgan fingerprint density at radius 3 is 2.13 bits per heavy atom. The second-order valence-corrected chi connectivity index (χ2v) is 5.95. The summed E-state index contributed by atoms with van der Waals surface area (Å²) in [5.41, 5.74) is 1.66. The maximum Gasteiger partial charge on any atom is 0.322 e. The van der Waals surface area contributed by atoms with Crippen LogP contribution in [0.1, 0.15) is 27.7 Å². The molecule has 0 unspecified atom stereocenters. The highest BCUT2D eigenvalue weighted by atomic mass is 16.2. The standard InChI is InChI=1S/C18H24N4O/c1-13(2)22(14(3)4)18(23)21-16-10-11-17(19-12-16)20-15-8-6-5-7-9-15/h5-14H,1-4H3,(H,19,20)(H,21,23). The van der Waals surface area contributed by atoms with Crippen molar-refractivity contribution in [1.82, 2.24) is 9.88 Å².